The van der Waals surface area contributed by atoms with Gasteiger partial charge in [0.05, 0.1) is 6.33 Å². The minimum absolute atomic E-state index is 0.777. The van der Waals surface area contributed by atoms with Crippen LogP contribution in [-0.2, 0) is 19.3 Å². The van der Waals surface area contributed by atoms with Gasteiger partial charge in [0.1, 0.15) is 0 Å². The van der Waals surface area contributed by atoms with Crippen LogP contribution in [0.25, 0.3) is 0 Å². The van der Waals surface area contributed by atoms with E-state index in [1.165, 1.54) is 29.0 Å². The van der Waals surface area contributed by atoms with E-state index in [0.29, 0.717) is 0 Å². The molecule has 4 heteroatoms. The number of nitrogens with zero attached hydrogens (tertiary/aromatic N) is 2. The van der Waals surface area contributed by atoms with Crippen molar-refractivity contribution in [2.45, 2.75) is 36.1 Å². The zero-order valence-electron chi connectivity index (χ0n) is 11.2. The molecule has 3 nitrogen and oxygen atoms in total. The zero-order valence-corrected chi connectivity index (χ0v) is 12.0. The average molecular weight is 273 g/mol. The lowest BCUT2D eigenvalue weighted by Gasteiger charge is -2.05. The molecule has 3 rings (SSSR count). The van der Waals surface area contributed by atoms with E-state index < -0.39 is 0 Å². The summed E-state index contributed by atoms with van der Waals surface area (Å²) in [7, 11) is 2.04. The summed E-state index contributed by atoms with van der Waals surface area (Å²) in [5.74, 6) is 0.968. The highest BCUT2D eigenvalue weighted by molar-refractivity contribution is 7.98. The Morgan fingerprint density at radius 2 is 2.11 bits per heavy atom. The molecule has 1 aliphatic rings. The summed E-state index contributed by atoms with van der Waals surface area (Å²) in [4.78, 5) is 5.45. The Morgan fingerprint density at radius 3 is 2.74 bits per heavy atom. The molecule has 1 N–H and O–H groups in total. The van der Waals surface area contributed by atoms with Gasteiger partial charge in [-0.05, 0) is 30.5 Å². The Kier molecular flexibility index (Phi) is 3.89. The first-order valence-corrected chi connectivity index (χ1v) is 7.70. The van der Waals surface area contributed by atoms with Crippen molar-refractivity contribution in [1.82, 2.24) is 14.9 Å². The molecule has 0 aliphatic heterocycles. The van der Waals surface area contributed by atoms with Crippen molar-refractivity contribution in [2.75, 3.05) is 0 Å². The Morgan fingerprint density at radius 1 is 1.32 bits per heavy atom. The maximum Gasteiger partial charge on any atom is 0.0945 e. The summed E-state index contributed by atoms with van der Waals surface area (Å²) in [6.07, 6.45) is 6.47. The van der Waals surface area contributed by atoms with Gasteiger partial charge in [-0.25, -0.2) is 4.98 Å². The SMILES string of the molecule is Cn1cncc1CSc1ccc(CNC2CC2)cc1. The Hall–Kier alpha value is -1.26. The van der Waals surface area contributed by atoms with Crippen LogP contribution in [-0.4, -0.2) is 15.6 Å². The first-order valence-electron chi connectivity index (χ1n) is 6.71. The minimum Gasteiger partial charge on any atom is -0.337 e. The van der Waals surface area contributed by atoms with Gasteiger partial charge in [0.25, 0.3) is 0 Å². The summed E-state index contributed by atoms with van der Waals surface area (Å²) in [6, 6.07) is 9.65. The van der Waals surface area contributed by atoms with Crippen LogP contribution in [0.3, 0.4) is 0 Å². The van der Waals surface area contributed by atoms with Crippen molar-refractivity contribution >= 4 is 11.8 Å². The summed E-state index contributed by atoms with van der Waals surface area (Å²) in [5, 5.41) is 3.54. The largest absolute Gasteiger partial charge is 0.337 e. The second-order valence-corrected chi connectivity index (χ2v) is 6.13. The molecule has 1 aromatic heterocycles. The second kappa shape index (κ2) is 5.80. The lowest BCUT2D eigenvalue weighted by atomic mass is 10.2. The van der Waals surface area contributed by atoms with E-state index in [2.05, 4.69) is 39.1 Å². The number of hydrogen-bond acceptors (Lipinski definition) is 3. The maximum atomic E-state index is 4.14. The summed E-state index contributed by atoms with van der Waals surface area (Å²) >= 11 is 1.86. The Labute approximate surface area is 118 Å². The van der Waals surface area contributed by atoms with Crippen molar-refractivity contribution in [2.24, 2.45) is 7.05 Å². The zero-order chi connectivity index (χ0) is 13.1. The fraction of sp³-hybridized carbons (Fsp3) is 0.400. The standard InChI is InChI=1S/C15H19N3S/c1-18-11-16-9-14(18)10-19-15-6-2-12(3-7-15)8-17-13-4-5-13/h2-3,6-7,9,11,13,17H,4-5,8,10H2,1H3. The van der Waals surface area contributed by atoms with E-state index in [4.69, 9.17) is 0 Å². The van der Waals surface area contributed by atoms with Crippen LogP contribution >= 0.6 is 11.8 Å². The lowest BCUT2D eigenvalue weighted by molar-refractivity contribution is 0.687. The van der Waals surface area contributed by atoms with Gasteiger partial charge in [-0.2, -0.15) is 0 Å². The number of thioether (sulfide) groups is 1. The maximum absolute atomic E-state index is 4.14. The average Bonchev–Trinajstić information content (AvgIpc) is 3.18. The molecule has 0 saturated heterocycles. The van der Waals surface area contributed by atoms with Crippen LogP contribution in [0.4, 0.5) is 0 Å². The summed E-state index contributed by atoms with van der Waals surface area (Å²) in [5.41, 5.74) is 2.63. The minimum atomic E-state index is 0.777. The lowest BCUT2D eigenvalue weighted by Crippen LogP contribution is -2.14. The van der Waals surface area contributed by atoms with Gasteiger partial charge >= 0.3 is 0 Å². The molecule has 0 bridgehead atoms. The van der Waals surface area contributed by atoms with Crippen LogP contribution in [0.5, 0.6) is 0 Å². The number of benzene rings is 1. The van der Waals surface area contributed by atoms with Gasteiger partial charge < -0.3 is 9.88 Å². The summed E-state index contributed by atoms with van der Waals surface area (Å²) < 4.78 is 2.07. The predicted molar refractivity (Wildman–Crippen MR) is 79.1 cm³/mol. The van der Waals surface area contributed by atoms with Gasteiger partial charge in [0.15, 0.2) is 0 Å². The molecule has 1 aliphatic carbocycles. The molecular weight excluding hydrogens is 254 g/mol. The van der Waals surface area contributed by atoms with Crippen LogP contribution in [0.15, 0.2) is 41.7 Å². The van der Waals surface area contributed by atoms with Gasteiger partial charge in [-0.3, -0.25) is 0 Å². The molecular formula is C15H19N3S. The highest BCUT2D eigenvalue weighted by Crippen LogP contribution is 2.23. The molecule has 100 valence electrons. The van der Waals surface area contributed by atoms with E-state index in [1.54, 1.807) is 0 Å². The Balaban J connectivity index is 1.52. The highest BCUT2D eigenvalue weighted by Gasteiger charge is 2.19. The topological polar surface area (TPSA) is 29.9 Å². The fourth-order valence-corrected chi connectivity index (χ4v) is 2.86. The second-order valence-electron chi connectivity index (χ2n) is 5.08. The smallest absolute Gasteiger partial charge is 0.0945 e. The molecule has 1 fully saturated rings. The summed E-state index contributed by atoms with van der Waals surface area (Å²) in [6.45, 7) is 0.997. The number of rotatable bonds is 6. The van der Waals surface area contributed by atoms with E-state index in [1.807, 2.05) is 31.3 Å². The number of nitrogens with one attached hydrogen (secondary N) is 1. The van der Waals surface area contributed by atoms with Crippen LogP contribution in [0.2, 0.25) is 0 Å². The van der Waals surface area contributed by atoms with Crippen LogP contribution < -0.4 is 5.32 Å². The Bertz CT molecular complexity index is 529. The molecule has 0 unspecified atom stereocenters. The predicted octanol–water partition coefficient (Wildman–Crippen LogP) is 2.96. The first kappa shape index (κ1) is 12.8. The van der Waals surface area contributed by atoms with Crippen molar-refractivity contribution in [1.29, 1.82) is 0 Å². The first-order chi connectivity index (χ1) is 9.31. The third-order valence-corrected chi connectivity index (χ3v) is 4.44. The van der Waals surface area contributed by atoms with Crippen LogP contribution in [0.1, 0.15) is 24.1 Å². The van der Waals surface area contributed by atoms with Crippen molar-refractivity contribution < 1.29 is 0 Å². The number of aryl methyl sites for hydroxylation is 1. The molecule has 0 spiro atoms. The molecule has 1 aromatic carbocycles. The number of hydrogen-bond donors (Lipinski definition) is 1. The molecule has 1 heterocycles. The van der Waals surface area contributed by atoms with Crippen molar-refractivity contribution in [3.63, 3.8) is 0 Å². The normalized spacial score (nSPS) is 14.8. The quantitative estimate of drug-likeness (QED) is 0.821. The van der Waals surface area contributed by atoms with E-state index in [0.717, 1.165) is 18.3 Å². The van der Waals surface area contributed by atoms with Crippen molar-refractivity contribution in [3.05, 3.63) is 48.0 Å². The molecule has 1 saturated carbocycles. The molecule has 19 heavy (non-hydrogen) atoms. The van der Waals surface area contributed by atoms with E-state index in [-0.39, 0.29) is 0 Å². The molecule has 0 radical (unpaired) electrons. The van der Waals surface area contributed by atoms with Crippen molar-refractivity contribution in [3.8, 4) is 0 Å². The highest BCUT2D eigenvalue weighted by atomic mass is 32.2. The van der Waals surface area contributed by atoms with Crippen LogP contribution in [0, 0.1) is 0 Å². The van der Waals surface area contributed by atoms with Gasteiger partial charge in [0, 0.05) is 42.2 Å². The van der Waals surface area contributed by atoms with E-state index >= 15 is 0 Å². The molecule has 0 amide bonds. The third-order valence-electron chi connectivity index (χ3n) is 3.40. The molecule has 2 aromatic rings. The van der Waals surface area contributed by atoms with Gasteiger partial charge in [-0.15, -0.1) is 11.8 Å². The van der Waals surface area contributed by atoms with Gasteiger partial charge in [-0.1, -0.05) is 12.1 Å². The number of imidazole rings is 1. The fourth-order valence-electron chi connectivity index (χ4n) is 1.93. The molecule has 0 atom stereocenters. The monoisotopic (exact) mass is 273 g/mol. The number of aromatic nitrogens is 2. The third kappa shape index (κ3) is 3.61. The van der Waals surface area contributed by atoms with Gasteiger partial charge in [0.2, 0.25) is 0 Å². The van der Waals surface area contributed by atoms with E-state index in [9.17, 15) is 0 Å².